The Morgan fingerprint density at radius 2 is 1.38 bits per heavy atom. The molecule has 10 nitrogen and oxygen atoms in total. The van der Waals surface area contributed by atoms with Gasteiger partial charge < -0.3 is 14.2 Å². The van der Waals surface area contributed by atoms with Gasteiger partial charge in [0, 0.05) is 13.0 Å². The van der Waals surface area contributed by atoms with E-state index in [1.54, 1.807) is 27.7 Å². The molecule has 0 bridgehead atoms. The van der Waals surface area contributed by atoms with Crippen molar-refractivity contribution in [3.05, 3.63) is 5.82 Å². The van der Waals surface area contributed by atoms with Crippen LogP contribution in [0.2, 0.25) is 0 Å². The standard InChI is InChI=1S/C14H22N4O6/c1-5-18-10(15-16-17-18)9-14(11(19)22-6-2,12(20)23-7-3)13(21)24-8-4/h5-9H2,1-4H3. The van der Waals surface area contributed by atoms with Crippen LogP contribution in [0.15, 0.2) is 0 Å². The predicted molar refractivity (Wildman–Crippen MR) is 79.5 cm³/mol. The summed E-state index contributed by atoms with van der Waals surface area (Å²) in [4.78, 5) is 37.6. The molecule has 0 aliphatic heterocycles. The molecule has 1 aromatic rings. The number of hydrogen-bond acceptors (Lipinski definition) is 9. The number of carbonyl (C=O) groups excluding carboxylic acids is 3. The summed E-state index contributed by atoms with van der Waals surface area (Å²) in [6.45, 7) is 6.82. The van der Waals surface area contributed by atoms with E-state index in [9.17, 15) is 14.4 Å². The Bertz CT molecular complexity index is 540. The Labute approximate surface area is 139 Å². The zero-order chi connectivity index (χ0) is 18.2. The molecule has 0 unspecified atom stereocenters. The van der Waals surface area contributed by atoms with Crippen molar-refractivity contribution in [1.82, 2.24) is 20.2 Å². The van der Waals surface area contributed by atoms with E-state index in [2.05, 4.69) is 15.5 Å². The Morgan fingerprint density at radius 1 is 0.917 bits per heavy atom. The lowest BCUT2D eigenvalue weighted by molar-refractivity contribution is -0.183. The first-order valence-electron chi connectivity index (χ1n) is 7.74. The van der Waals surface area contributed by atoms with E-state index in [1.165, 1.54) is 4.68 Å². The van der Waals surface area contributed by atoms with Crippen molar-refractivity contribution < 1.29 is 28.6 Å². The number of aryl methyl sites for hydroxylation is 1. The Kier molecular flexibility index (Phi) is 7.28. The van der Waals surface area contributed by atoms with Gasteiger partial charge in [-0.2, -0.15) is 0 Å². The summed E-state index contributed by atoms with van der Waals surface area (Å²) in [5.74, 6) is -2.97. The van der Waals surface area contributed by atoms with Gasteiger partial charge in [-0.25, -0.2) is 4.68 Å². The van der Waals surface area contributed by atoms with Gasteiger partial charge in [-0.05, 0) is 38.1 Å². The highest BCUT2D eigenvalue weighted by Gasteiger charge is 2.58. The van der Waals surface area contributed by atoms with Gasteiger partial charge >= 0.3 is 17.9 Å². The summed E-state index contributed by atoms with van der Waals surface area (Å²) in [5.41, 5.74) is -2.30. The summed E-state index contributed by atoms with van der Waals surface area (Å²) >= 11 is 0. The normalized spacial score (nSPS) is 11.0. The average Bonchev–Trinajstić information content (AvgIpc) is 3.00. The summed E-state index contributed by atoms with van der Waals surface area (Å²) < 4.78 is 16.2. The molecule has 1 aromatic heterocycles. The number of aromatic nitrogens is 4. The van der Waals surface area contributed by atoms with Crippen LogP contribution in [0.4, 0.5) is 0 Å². The monoisotopic (exact) mass is 342 g/mol. The van der Waals surface area contributed by atoms with E-state index in [-0.39, 0.29) is 25.6 Å². The zero-order valence-electron chi connectivity index (χ0n) is 14.3. The molecule has 0 N–H and O–H groups in total. The highest BCUT2D eigenvalue weighted by Crippen LogP contribution is 2.28. The third-order valence-corrected chi connectivity index (χ3v) is 3.20. The second-order valence-corrected chi connectivity index (χ2v) is 4.65. The molecule has 24 heavy (non-hydrogen) atoms. The van der Waals surface area contributed by atoms with E-state index >= 15 is 0 Å². The molecule has 0 atom stereocenters. The fourth-order valence-electron chi connectivity index (χ4n) is 2.06. The highest BCUT2D eigenvalue weighted by atomic mass is 16.6. The van der Waals surface area contributed by atoms with Crippen LogP contribution in [0.3, 0.4) is 0 Å². The van der Waals surface area contributed by atoms with Gasteiger partial charge in [0.05, 0.1) is 19.8 Å². The van der Waals surface area contributed by atoms with E-state index in [1.807, 2.05) is 0 Å². The van der Waals surface area contributed by atoms with Crippen molar-refractivity contribution >= 4 is 17.9 Å². The van der Waals surface area contributed by atoms with Crippen molar-refractivity contribution in [3.8, 4) is 0 Å². The van der Waals surface area contributed by atoms with Gasteiger partial charge in [0.25, 0.3) is 5.41 Å². The lowest BCUT2D eigenvalue weighted by Crippen LogP contribution is -2.51. The molecule has 0 aliphatic rings. The summed E-state index contributed by atoms with van der Waals surface area (Å²) in [6.07, 6.45) is -0.412. The smallest absolute Gasteiger partial charge is 0.335 e. The van der Waals surface area contributed by atoms with Crippen LogP contribution in [0.5, 0.6) is 0 Å². The van der Waals surface area contributed by atoms with Crippen LogP contribution >= 0.6 is 0 Å². The summed E-state index contributed by atoms with van der Waals surface area (Å²) in [7, 11) is 0. The van der Waals surface area contributed by atoms with Crippen molar-refractivity contribution in [1.29, 1.82) is 0 Å². The molecule has 134 valence electrons. The van der Waals surface area contributed by atoms with Gasteiger partial charge in [-0.1, -0.05) is 0 Å². The first kappa shape index (κ1) is 19.5. The fraction of sp³-hybridized carbons (Fsp3) is 0.714. The van der Waals surface area contributed by atoms with Crippen molar-refractivity contribution in [2.24, 2.45) is 5.41 Å². The minimum Gasteiger partial charge on any atom is -0.465 e. The molecular formula is C14H22N4O6. The number of ether oxygens (including phenoxy) is 3. The van der Waals surface area contributed by atoms with Gasteiger partial charge in [0.15, 0.2) is 5.82 Å². The van der Waals surface area contributed by atoms with Crippen molar-refractivity contribution in [2.75, 3.05) is 19.8 Å². The molecule has 1 heterocycles. The van der Waals surface area contributed by atoms with Crippen molar-refractivity contribution in [3.63, 3.8) is 0 Å². The van der Waals surface area contributed by atoms with Crippen LogP contribution in [0.25, 0.3) is 0 Å². The molecule has 0 amide bonds. The highest BCUT2D eigenvalue weighted by molar-refractivity contribution is 6.18. The van der Waals surface area contributed by atoms with Crippen LogP contribution in [0.1, 0.15) is 33.5 Å². The lowest BCUT2D eigenvalue weighted by Gasteiger charge is -2.26. The number of rotatable bonds is 9. The molecule has 0 aromatic carbocycles. The maximum atomic E-state index is 12.5. The number of nitrogens with zero attached hydrogens (tertiary/aromatic N) is 4. The molecular weight excluding hydrogens is 320 g/mol. The van der Waals surface area contributed by atoms with E-state index in [0.717, 1.165) is 0 Å². The third kappa shape index (κ3) is 3.87. The first-order chi connectivity index (χ1) is 11.5. The van der Waals surface area contributed by atoms with Crippen LogP contribution in [-0.4, -0.2) is 57.9 Å². The second kappa shape index (κ2) is 8.94. The van der Waals surface area contributed by atoms with Crippen LogP contribution in [0, 0.1) is 5.41 Å². The van der Waals surface area contributed by atoms with E-state index < -0.39 is 29.7 Å². The first-order valence-corrected chi connectivity index (χ1v) is 7.74. The second-order valence-electron chi connectivity index (χ2n) is 4.65. The van der Waals surface area contributed by atoms with Gasteiger partial charge in [0.2, 0.25) is 0 Å². The molecule has 10 heteroatoms. The quantitative estimate of drug-likeness (QED) is 0.344. The van der Waals surface area contributed by atoms with E-state index in [0.29, 0.717) is 6.54 Å². The molecule has 0 radical (unpaired) electrons. The van der Waals surface area contributed by atoms with Crippen molar-refractivity contribution in [2.45, 2.75) is 40.7 Å². The SMILES string of the molecule is CCOC(=O)C(Cc1nnnn1CC)(C(=O)OCC)C(=O)OCC. The van der Waals surface area contributed by atoms with Gasteiger partial charge in [-0.15, -0.1) is 5.10 Å². The molecule has 0 saturated carbocycles. The Balaban J connectivity index is 3.40. The number of hydrogen-bond donors (Lipinski definition) is 0. The molecule has 0 saturated heterocycles. The van der Waals surface area contributed by atoms with Gasteiger partial charge in [-0.3, -0.25) is 14.4 Å². The third-order valence-electron chi connectivity index (χ3n) is 3.20. The zero-order valence-corrected chi connectivity index (χ0v) is 14.3. The average molecular weight is 342 g/mol. The van der Waals surface area contributed by atoms with E-state index in [4.69, 9.17) is 14.2 Å². The number of carbonyl (C=O) groups is 3. The minimum absolute atomic E-state index is 0.0158. The van der Waals surface area contributed by atoms with Crippen LogP contribution < -0.4 is 0 Å². The number of tetrazole rings is 1. The summed E-state index contributed by atoms with van der Waals surface area (Å²) in [5, 5.41) is 11.0. The maximum absolute atomic E-state index is 12.5. The Morgan fingerprint density at radius 3 is 1.75 bits per heavy atom. The minimum atomic E-state index is -2.30. The summed E-state index contributed by atoms with van der Waals surface area (Å²) in [6, 6.07) is 0. The molecule has 0 aliphatic carbocycles. The molecule has 1 rings (SSSR count). The van der Waals surface area contributed by atoms with Crippen LogP contribution in [-0.2, 0) is 41.6 Å². The Hall–Kier alpha value is -2.52. The predicted octanol–water partition coefficient (Wildman–Crippen LogP) is -0.0888. The fourth-order valence-corrected chi connectivity index (χ4v) is 2.06. The topological polar surface area (TPSA) is 123 Å². The molecule has 0 fully saturated rings. The number of esters is 3. The lowest BCUT2D eigenvalue weighted by atomic mass is 9.83. The van der Waals surface area contributed by atoms with Gasteiger partial charge in [0.1, 0.15) is 0 Å². The largest absolute Gasteiger partial charge is 0.465 e. The molecule has 0 spiro atoms. The maximum Gasteiger partial charge on any atom is 0.335 e.